The Morgan fingerprint density at radius 3 is 2.68 bits per heavy atom. The Hall–Kier alpha value is -3.35. The zero-order valence-electron chi connectivity index (χ0n) is 13.9. The summed E-state index contributed by atoms with van der Waals surface area (Å²) in [6.07, 6.45) is 1.42. The number of aryl methyl sites for hydroxylation is 2. The lowest BCUT2D eigenvalue weighted by molar-refractivity contribution is 0.0944. The number of carbonyl (C=O) groups excluding carboxylic acids is 2. The number of hydrogen-bond donors (Lipinski definition) is 2. The molecular weight excluding hydrogens is 320 g/mol. The van der Waals surface area contributed by atoms with Crippen LogP contribution in [-0.4, -0.2) is 21.6 Å². The van der Waals surface area contributed by atoms with Crippen molar-refractivity contribution in [3.05, 3.63) is 71.3 Å². The monoisotopic (exact) mass is 338 g/mol. The normalized spacial score (nSPS) is 10.5. The van der Waals surface area contributed by atoms with E-state index in [1.165, 1.54) is 17.0 Å². The van der Waals surface area contributed by atoms with Crippen molar-refractivity contribution < 1.29 is 14.0 Å². The number of carbonyl (C=O) groups is 2. The third-order valence-corrected chi connectivity index (χ3v) is 3.80. The summed E-state index contributed by atoms with van der Waals surface area (Å²) in [7, 11) is 1.65. The number of anilines is 1. The van der Waals surface area contributed by atoms with Gasteiger partial charge in [0.05, 0.1) is 6.26 Å². The van der Waals surface area contributed by atoms with Gasteiger partial charge in [-0.2, -0.15) is 5.10 Å². The second-order valence-electron chi connectivity index (χ2n) is 5.58. The van der Waals surface area contributed by atoms with Crippen LogP contribution < -0.4 is 10.6 Å². The molecule has 0 atom stereocenters. The maximum absolute atomic E-state index is 12.3. The van der Waals surface area contributed by atoms with Crippen molar-refractivity contribution >= 4 is 17.6 Å². The van der Waals surface area contributed by atoms with Gasteiger partial charge in [0.25, 0.3) is 11.8 Å². The van der Waals surface area contributed by atoms with Gasteiger partial charge < -0.3 is 15.1 Å². The molecule has 2 heterocycles. The van der Waals surface area contributed by atoms with Gasteiger partial charge in [0, 0.05) is 19.7 Å². The Morgan fingerprint density at radius 1 is 1.16 bits per heavy atom. The largest absolute Gasteiger partial charge is 0.459 e. The molecule has 1 aromatic carbocycles. The van der Waals surface area contributed by atoms with Gasteiger partial charge in [-0.15, -0.1) is 0 Å². The van der Waals surface area contributed by atoms with E-state index in [4.69, 9.17) is 4.42 Å². The minimum Gasteiger partial charge on any atom is -0.459 e. The highest BCUT2D eigenvalue weighted by molar-refractivity contribution is 6.02. The minimum atomic E-state index is -0.403. The van der Waals surface area contributed by atoms with E-state index in [2.05, 4.69) is 15.7 Å². The lowest BCUT2D eigenvalue weighted by Gasteiger charge is -2.06. The fourth-order valence-electron chi connectivity index (χ4n) is 2.36. The number of nitrogens with zero attached hydrogens (tertiary/aromatic N) is 2. The second-order valence-corrected chi connectivity index (χ2v) is 5.58. The molecule has 2 aromatic heterocycles. The molecule has 0 fully saturated rings. The molecule has 7 nitrogen and oxygen atoms in total. The van der Waals surface area contributed by atoms with E-state index in [1.807, 2.05) is 31.2 Å². The van der Waals surface area contributed by atoms with Crippen LogP contribution in [0.3, 0.4) is 0 Å². The molecule has 0 radical (unpaired) electrons. The van der Waals surface area contributed by atoms with Crippen molar-refractivity contribution in [2.75, 3.05) is 5.32 Å². The molecule has 0 unspecified atom stereocenters. The van der Waals surface area contributed by atoms with E-state index < -0.39 is 5.91 Å². The van der Waals surface area contributed by atoms with Gasteiger partial charge >= 0.3 is 0 Å². The molecule has 3 aromatic rings. The van der Waals surface area contributed by atoms with Gasteiger partial charge in [-0.1, -0.05) is 24.3 Å². The Balaban J connectivity index is 1.66. The number of benzene rings is 1. The zero-order chi connectivity index (χ0) is 17.8. The van der Waals surface area contributed by atoms with E-state index in [9.17, 15) is 9.59 Å². The SMILES string of the molecule is Cc1ccccc1CNC(=O)c1cc(NC(=O)c2ccco2)n(C)n1. The quantitative estimate of drug-likeness (QED) is 0.748. The maximum Gasteiger partial charge on any atom is 0.292 e. The van der Waals surface area contributed by atoms with E-state index in [0.717, 1.165) is 11.1 Å². The summed E-state index contributed by atoms with van der Waals surface area (Å²) >= 11 is 0. The first-order valence-electron chi connectivity index (χ1n) is 7.76. The highest BCUT2D eigenvalue weighted by atomic mass is 16.3. The lowest BCUT2D eigenvalue weighted by atomic mass is 10.1. The summed E-state index contributed by atoms with van der Waals surface area (Å²) in [6.45, 7) is 2.40. The van der Waals surface area contributed by atoms with Gasteiger partial charge in [0.2, 0.25) is 0 Å². The molecular formula is C18H18N4O3. The molecule has 2 amide bonds. The van der Waals surface area contributed by atoms with Crippen LogP contribution in [0.15, 0.2) is 53.1 Å². The van der Waals surface area contributed by atoms with Crippen molar-refractivity contribution in [1.29, 1.82) is 0 Å². The fourth-order valence-corrected chi connectivity index (χ4v) is 2.36. The molecule has 3 rings (SSSR count). The van der Waals surface area contributed by atoms with Crippen LogP contribution in [0.4, 0.5) is 5.82 Å². The summed E-state index contributed by atoms with van der Waals surface area (Å²) < 4.78 is 6.47. The van der Waals surface area contributed by atoms with Crippen molar-refractivity contribution in [1.82, 2.24) is 15.1 Å². The van der Waals surface area contributed by atoms with Gasteiger partial charge in [-0.05, 0) is 30.2 Å². The van der Waals surface area contributed by atoms with E-state index in [0.29, 0.717) is 12.4 Å². The Morgan fingerprint density at radius 2 is 1.96 bits per heavy atom. The second kappa shape index (κ2) is 7.04. The minimum absolute atomic E-state index is 0.187. The van der Waals surface area contributed by atoms with E-state index in [1.54, 1.807) is 19.2 Å². The summed E-state index contributed by atoms with van der Waals surface area (Å²) in [4.78, 5) is 24.3. The Labute approximate surface area is 144 Å². The summed E-state index contributed by atoms with van der Waals surface area (Å²) in [5.74, 6) is -0.119. The van der Waals surface area contributed by atoms with Crippen molar-refractivity contribution in [2.24, 2.45) is 7.05 Å². The topological polar surface area (TPSA) is 89.2 Å². The average molecular weight is 338 g/mol. The average Bonchev–Trinajstić information content (AvgIpc) is 3.24. The lowest BCUT2D eigenvalue weighted by Crippen LogP contribution is -2.23. The van der Waals surface area contributed by atoms with Crippen molar-refractivity contribution in [3.8, 4) is 0 Å². The standard InChI is InChI=1S/C18H18N4O3/c1-12-6-3-4-7-13(12)11-19-17(23)14-10-16(22(2)21-14)20-18(24)15-8-5-9-25-15/h3-10H,11H2,1-2H3,(H,19,23)(H,20,24). The number of amides is 2. The summed E-state index contributed by atoms with van der Waals surface area (Å²) in [5.41, 5.74) is 2.37. The molecule has 0 aliphatic heterocycles. The smallest absolute Gasteiger partial charge is 0.292 e. The Kier molecular flexibility index (Phi) is 4.65. The molecule has 7 heteroatoms. The van der Waals surface area contributed by atoms with Crippen LogP contribution in [0.2, 0.25) is 0 Å². The Bertz CT molecular complexity index is 897. The van der Waals surface area contributed by atoms with Crippen LogP contribution in [-0.2, 0) is 13.6 Å². The molecule has 0 aliphatic carbocycles. The maximum atomic E-state index is 12.3. The first kappa shape index (κ1) is 16.5. The van der Waals surface area contributed by atoms with Crippen LogP contribution >= 0.6 is 0 Å². The number of nitrogens with one attached hydrogen (secondary N) is 2. The van der Waals surface area contributed by atoms with Crippen LogP contribution in [0.5, 0.6) is 0 Å². The predicted octanol–water partition coefficient (Wildman–Crippen LogP) is 2.50. The molecule has 25 heavy (non-hydrogen) atoms. The van der Waals surface area contributed by atoms with Gasteiger partial charge in [0.15, 0.2) is 11.5 Å². The van der Waals surface area contributed by atoms with Crippen LogP contribution in [0.1, 0.15) is 32.2 Å². The van der Waals surface area contributed by atoms with E-state index in [-0.39, 0.29) is 17.4 Å². The summed E-state index contributed by atoms with van der Waals surface area (Å²) in [6, 6.07) is 12.5. The highest BCUT2D eigenvalue weighted by Gasteiger charge is 2.16. The molecule has 0 saturated carbocycles. The highest BCUT2D eigenvalue weighted by Crippen LogP contribution is 2.12. The fraction of sp³-hybridized carbons (Fsp3) is 0.167. The molecule has 0 spiro atoms. The molecule has 0 saturated heterocycles. The molecule has 0 bridgehead atoms. The third kappa shape index (κ3) is 3.77. The molecule has 0 aliphatic rings. The van der Waals surface area contributed by atoms with Crippen molar-refractivity contribution in [3.63, 3.8) is 0 Å². The number of rotatable bonds is 5. The zero-order valence-corrected chi connectivity index (χ0v) is 13.9. The number of furan rings is 1. The number of hydrogen-bond acceptors (Lipinski definition) is 4. The third-order valence-electron chi connectivity index (χ3n) is 3.80. The first-order chi connectivity index (χ1) is 12.0. The van der Waals surface area contributed by atoms with Gasteiger partial charge in [-0.25, -0.2) is 0 Å². The van der Waals surface area contributed by atoms with Crippen molar-refractivity contribution in [2.45, 2.75) is 13.5 Å². The van der Waals surface area contributed by atoms with E-state index >= 15 is 0 Å². The molecule has 2 N–H and O–H groups in total. The van der Waals surface area contributed by atoms with Gasteiger partial charge in [0.1, 0.15) is 5.82 Å². The van der Waals surface area contributed by atoms with Gasteiger partial charge in [-0.3, -0.25) is 14.3 Å². The van der Waals surface area contributed by atoms with Crippen LogP contribution in [0.25, 0.3) is 0 Å². The number of aromatic nitrogens is 2. The summed E-state index contributed by atoms with van der Waals surface area (Å²) in [5, 5.41) is 9.63. The first-order valence-corrected chi connectivity index (χ1v) is 7.76. The predicted molar refractivity (Wildman–Crippen MR) is 92.2 cm³/mol. The van der Waals surface area contributed by atoms with Crippen LogP contribution in [0, 0.1) is 6.92 Å². The molecule has 128 valence electrons.